The molecule has 0 aliphatic carbocycles. The number of amides is 1. The Morgan fingerprint density at radius 1 is 1.23 bits per heavy atom. The smallest absolute Gasteiger partial charge is 0.306 e. The first kappa shape index (κ1) is 21.2. The van der Waals surface area contributed by atoms with Gasteiger partial charge in [0.2, 0.25) is 0 Å². The van der Waals surface area contributed by atoms with E-state index in [-0.39, 0.29) is 6.42 Å². The molecular weight excluding hydrogens is 386 g/mol. The highest BCUT2D eigenvalue weighted by Crippen LogP contribution is 2.25. The number of aryl methyl sites for hydroxylation is 3. The highest BCUT2D eigenvalue weighted by atomic mass is 16.5. The van der Waals surface area contributed by atoms with Crippen LogP contribution in [0, 0.1) is 20.8 Å². The number of carbonyl (C=O) groups excluding carboxylic acids is 2. The number of nitrogens with zero attached hydrogens (tertiary/aromatic N) is 4. The summed E-state index contributed by atoms with van der Waals surface area (Å²) >= 11 is 0. The van der Waals surface area contributed by atoms with Crippen LogP contribution >= 0.6 is 0 Å². The van der Waals surface area contributed by atoms with Crippen molar-refractivity contribution in [2.45, 2.75) is 46.6 Å². The first-order chi connectivity index (χ1) is 14.3. The standard InChI is InChI=1S/C21H25N5O4/c1-12-6-8-18(29-5)17(10-12)25-20(28)15(4)30-19(27)9-7-16-13(2)24-21-22-11-23-26(21)14(16)3/h6,8,10-11,15H,7,9H2,1-5H3,(H,25,28)/t15-/m0/s1. The maximum atomic E-state index is 12.5. The van der Waals surface area contributed by atoms with Gasteiger partial charge < -0.3 is 14.8 Å². The van der Waals surface area contributed by atoms with Gasteiger partial charge in [0.25, 0.3) is 11.7 Å². The Balaban J connectivity index is 1.60. The summed E-state index contributed by atoms with van der Waals surface area (Å²) < 4.78 is 12.2. The third-order valence-electron chi connectivity index (χ3n) is 4.86. The van der Waals surface area contributed by atoms with Gasteiger partial charge >= 0.3 is 5.97 Å². The molecule has 2 aromatic heterocycles. The molecule has 1 N–H and O–H groups in total. The molecule has 0 saturated heterocycles. The number of esters is 1. The molecule has 0 unspecified atom stereocenters. The summed E-state index contributed by atoms with van der Waals surface area (Å²) in [7, 11) is 1.53. The van der Waals surface area contributed by atoms with Crippen LogP contribution in [0.3, 0.4) is 0 Å². The molecule has 9 heteroatoms. The van der Waals surface area contributed by atoms with Gasteiger partial charge in [0.05, 0.1) is 12.8 Å². The number of anilines is 1. The molecule has 9 nitrogen and oxygen atoms in total. The van der Waals surface area contributed by atoms with Crippen LogP contribution in [0.5, 0.6) is 5.75 Å². The monoisotopic (exact) mass is 411 g/mol. The largest absolute Gasteiger partial charge is 0.495 e. The number of nitrogens with one attached hydrogen (secondary N) is 1. The fraction of sp³-hybridized carbons (Fsp3) is 0.381. The molecule has 1 amide bonds. The van der Waals surface area contributed by atoms with Crippen LogP contribution in [0.1, 0.15) is 35.9 Å². The number of ether oxygens (including phenoxy) is 2. The van der Waals surface area contributed by atoms with Gasteiger partial charge in [-0.25, -0.2) is 9.50 Å². The van der Waals surface area contributed by atoms with E-state index >= 15 is 0 Å². The number of hydrogen-bond donors (Lipinski definition) is 1. The van der Waals surface area contributed by atoms with E-state index in [0.29, 0.717) is 23.6 Å². The van der Waals surface area contributed by atoms with Crippen LogP contribution in [0.15, 0.2) is 24.5 Å². The third kappa shape index (κ3) is 4.56. The molecule has 0 radical (unpaired) electrons. The van der Waals surface area contributed by atoms with Gasteiger partial charge in [-0.1, -0.05) is 6.07 Å². The first-order valence-electron chi connectivity index (χ1n) is 9.61. The van der Waals surface area contributed by atoms with Crippen molar-refractivity contribution >= 4 is 23.3 Å². The van der Waals surface area contributed by atoms with Crippen molar-refractivity contribution in [1.82, 2.24) is 19.6 Å². The molecule has 2 heterocycles. The van der Waals surface area contributed by atoms with Gasteiger partial charge in [0, 0.05) is 17.8 Å². The summed E-state index contributed by atoms with van der Waals surface area (Å²) in [5.41, 5.74) is 4.08. The lowest BCUT2D eigenvalue weighted by Gasteiger charge is -2.16. The number of rotatable bonds is 7. The fourth-order valence-electron chi connectivity index (χ4n) is 3.21. The molecular formula is C21H25N5O4. The van der Waals surface area contributed by atoms with Crippen molar-refractivity contribution in [3.8, 4) is 5.75 Å². The lowest BCUT2D eigenvalue weighted by molar-refractivity contribution is -0.153. The van der Waals surface area contributed by atoms with Crippen molar-refractivity contribution in [3.05, 3.63) is 47.0 Å². The van der Waals surface area contributed by atoms with Crippen molar-refractivity contribution in [2.24, 2.45) is 0 Å². The van der Waals surface area contributed by atoms with Gasteiger partial charge in [0.15, 0.2) is 6.10 Å². The molecule has 0 saturated carbocycles. The Bertz CT molecular complexity index is 1090. The molecule has 0 aliphatic rings. The number of fused-ring (bicyclic) bond motifs is 1. The Morgan fingerprint density at radius 3 is 2.73 bits per heavy atom. The maximum absolute atomic E-state index is 12.5. The molecule has 0 fully saturated rings. The summed E-state index contributed by atoms with van der Waals surface area (Å²) in [5, 5.41) is 6.89. The molecule has 1 aromatic carbocycles. The second kappa shape index (κ2) is 8.89. The molecule has 1 atom stereocenters. The summed E-state index contributed by atoms with van der Waals surface area (Å²) in [6.07, 6.45) is 1.05. The maximum Gasteiger partial charge on any atom is 0.306 e. The van der Waals surface area contributed by atoms with Gasteiger partial charge in [-0.05, 0) is 57.4 Å². The number of carbonyl (C=O) groups is 2. The zero-order chi connectivity index (χ0) is 21.8. The molecule has 158 valence electrons. The van der Waals surface area contributed by atoms with Gasteiger partial charge in [0.1, 0.15) is 12.1 Å². The zero-order valence-electron chi connectivity index (χ0n) is 17.7. The number of methoxy groups -OCH3 is 1. The quantitative estimate of drug-likeness (QED) is 0.595. The molecule has 0 aliphatic heterocycles. The Labute approximate surface area is 174 Å². The van der Waals surface area contributed by atoms with E-state index in [0.717, 1.165) is 22.5 Å². The van der Waals surface area contributed by atoms with Crippen LogP contribution in [0.25, 0.3) is 5.78 Å². The lowest BCUT2D eigenvalue weighted by atomic mass is 10.1. The topological polar surface area (TPSA) is 108 Å². The van der Waals surface area contributed by atoms with Gasteiger partial charge in [-0.3, -0.25) is 9.59 Å². The fourth-order valence-corrected chi connectivity index (χ4v) is 3.21. The average molecular weight is 411 g/mol. The van der Waals surface area contributed by atoms with Crippen LogP contribution < -0.4 is 10.1 Å². The van der Waals surface area contributed by atoms with Crippen molar-refractivity contribution in [2.75, 3.05) is 12.4 Å². The van der Waals surface area contributed by atoms with Crippen molar-refractivity contribution in [1.29, 1.82) is 0 Å². The molecule has 0 bridgehead atoms. The molecule has 30 heavy (non-hydrogen) atoms. The van der Waals surface area contributed by atoms with Gasteiger partial charge in [-0.2, -0.15) is 10.1 Å². The van der Waals surface area contributed by atoms with E-state index < -0.39 is 18.0 Å². The summed E-state index contributed by atoms with van der Waals surface area (Å²) in [6.45, 7) is 7.22. The van der Waals surface area contributed by atoms with E-state index in [1.54, 1.807) is 16.6 Å². The minimum absolute atomic E-state index is 0.120. The van der Waals surface area contributed by atoms with E-state index in [1.807, 2.05) is 26.8 Å². The summed E-state index contributed by atoms with van der Waals surface area (Å²) in [4.78, 5) is 33.2. The summed E-state index contributed by atoms with van der Waals surface area (Å²) in [6, 6.07) is 5.45. The highest BCUT2D eigenvalue weighted by molar-refractivity contribution is 5.96. The Morgan fingerprint density at radius 2 is 2.00 bits per heavy atom. The number of aromatic nitrogens is 4. The van der Waals surface area contributed by atoms with Crippen LogP contribution in [-0.2, 0) is 20.7 Å². The molecule has 0 spiro atoms. The van der Waals surface area contributed by atoms with Crippen LogP contribution in [-0.4, -0.2) is 44.7 Å². The second-order valence-electron chi connectivity index (χ2n) is 7.06. The molecule has 3 rings (SSSR count). The van der Waals surface area contributed by atoms with Crippen LogP contribution in [0.2, 0.25) is 0 Å². The number of benzene rings is 1. The first-order valence-corrected chi connectivity index (χ1v) is 9.61. The SMILES string of the molecule is COc1ccc(C)cc1NC(=O)[C@H](C)OC(=O)CCc1c(C)nc2ncnn2c1C. The minimum atomic E-state index is -0.944. The van der Waals surface area contributed by atoms with E-state index in [1.165, 1.54) is 20.4 Å². The predicted octanol–water partition coefficient (Wildman–Crippen LogP) is 2.56. The summed E-state index contributed by atoms with van der Waals surface area (Å²) in [5.74, 6) is 0.166. The number of hydrogen-bond acceptors (Lipinski definition) is 7. The second-order valence-corrected chi connectivity index (χ2v) is 7.06. The van der Waals surface area contributed by atoms with Gasteiger partial charge in [-0.15, -0.1) is 0 Å². The predicted molar refractivity (Wildman–Crippen MR) is 110 cm³/mol. The lowest BCUT2D eigenvalue weighted by Crippen LogP contribution is -2.30. The van der Waals surface area contributed by atoms with Crippen molar-refractivity contribution in [3.63, 3.8) is 0 Å². The van der Waals surface area contributed by atoms with E-state index in [2.05, 4.69) is 20.4 Å². The van der Waals surface area contributed by atoms with E-state index in [4.69, 9.17) is 9.47 Å². The van der Waals surface area contributed by atoms with Crippen LogP contribution in [0.4, 0.5) is 5.69 Å². The zero-order valence-corrected chi connectivity index (χ0v) is 17.7. The molecule has 3 aromatic rings. The average Bonchev–Trinajstić information content (AvgIpc) is 3.16. The third-order valence-corrected chi connectivity index (χ3v) is 4.86. The Kier molecular flexibility index (Phi) is 6.29. The van der Waals surface area contributed by atoms with Crippen molar-refractivity contribution < 1.29 is 19.1 Å². The Hall–Kier alpha value is -3.49. The van der Waals surface area contributed by atoms with E-state index in [9.17, 15) is 9.59 Å². The normalized spacial score (nSPS) is 11.9. The minimum Gasteiger partial charge on any atom is -0.495 e. The highest BCUT2D eigenvalue weighted by Gasteiger charge is 2.20.